The summed E-state index contributed by atoms with van der Waals surface area (Å²) in [5.41, 5.74) is 0.240. The molecule has 0 aromatic rings. The number of hydrogen-bond acceptors (Lipinski definition) is 3. The van der Waals surface area contributed by atoms with Crippen molar-refractivity contribution in [3.63, 3.8) is 0 Å². The van der Waals surface area contributed by atoms with Gasteiger partial charge in [-0.2, -0.15) is 0 Å². The summed E-state index contributed by atoms with van der Waals surface area (Å²) in [4.78, 5) is 0. The van der Waals surface area contributed by atoms with E-state index in [1.807, 2.05) is 7.05 Å². The van der Waals surface area contributed by atoms with Crippen molar-refractivity contribution in [2.75, 3.05) is 20.8 Å². The van der Waals surface area contributed by atoms with Crippen molar-refractivity contribution in [1.29, 1.82) is 0 Å². The van der Waals surface area contributed by atoms with Crippen molar-refractivity contribution in [1.82, 2.24) is 5.32 Å². The Kier molecular flexibility index (Phi) is 5.90. The van der Waals surface area contributed by atoms with Gasteiger partial charge < -0.3 is 14.8 Å². The molecule has 1 rings (SSSR count). The molecule has 0 aromatic carbocycles. The van der Waals surface area contributed by atoms with E-state index in [4.69, 9.17) is 9.47 Å². The third kappa shape index (κ3) is 4.94. The van der Waals surface area contributed by atoms with Crippen LogP contribution in [0.5, 0.6) is 0 Å². The first kappa shape index (κ1) is 14.9. The van der Waals surface area contributed by atoms with Gasteiger partial charge in [-0.25, -0.2) is 0 Å². The van der Waals surface area contributed by atoms with Crippen molar-refractivity contribution >= 4 is 0 Å². The number of hydrogen-bond donors (Lipinski definition) is 1. The number of likely N-dealkylation sites (N-methyl/N-ethyl adjacent to an activating group) is 1. The Balaban J connectivity index is 2.34. The lowest BCUT2D eigenvalue weighted by Gasteiger charge is -2.34. The molecule has 102 valence electrons. The molecule has 1 aliphatic rings. The molecular weight excluding hydrogens is 214 g/mol. The molecule has 0 aromatic heterocycles. The van der Waals surface area contributed by atoms with E-state index in [1.165, 1.54) is 19.3 Å². The zero-order chi connectivity index (χ0) is 12.9. The van der Waals surface area contributed by atoms with Crippen molar-refractivity contribution in [3.8, 4) is 0 Å². The Morgan fingerprint density at radius 2 is 1.88 bits per heavy atom. The third-order valence-corrected chi connectivity index (χ3v) is 3.80. The van der Waals surface area contributed by atoms with E-state index < -0.39 is 0 Å². The van der Waals surface area contributed by atoms with Crippen LogP contribution >= 0.6 is 0 Å². The van der Waals surface area contributed by atoms with Gasteiger partial charge in [0.1, 0.15) is 0 Å². The second kappa shape index (κ2) is 6.72. The predicted octanol–water partition coefficient (Wildman–Crippen LogP) is 2.59. The second-order valence-electron chi connectivity index (χ2n) is 6.19. The smallest absolute Gasteiger partial charge is 0.0628 e. The van der Waals surface area contributed by atoms with E-state index in [0.717, 1.165) is 13.0 Å². The van der Waals surface area contributed by atoms with Gasteiger partial charge in [-0.1, -0.05) is 20.8 Å². The lowest BCUT2D eigenvalue weighted by Crippen LogP contribution is -2.43. The van der Waals surface area contributed by atoms with Crippen LogP contribution in [0.1, 0.15) is 46.5 Å². The first-order valence-electron chi connectivity index (χ1n) is 6.79. The molecule has 1 fully saturated rings. The molecule has 0 amide bonds. The summed E-state index contributed by atoms with van der Waals surface area (Å²) in [6, 6.07) is 0.408. The number of rotatable bonds is 5. The van der Waals surface area contributed by atoms with Gasteiger partial charge in [0.2, 0.25) is 0 Å². The van der Waals surface area contributed by atoms with E-state index in [0.29, 0.717) is 18.2 Å². The highest BCUT2D eigenvalue weighted by Gasteiger charge is 2.27. The largest absolute Gasteiger partial charge is 0.381 e. The molecule has 0 aliphatic heterocycles. The van der Waals surface area contributed by atoms with E-state index >= 15 is 0 Å². The fraction of sp³-hybridized carbons (Fsp3) is 1.00. The molecule has 17 heavy (non-hydrogen) atoms. The standard InChI is InChI=1S/C14H29NO2/c1-14(2,3)13(15-4)10-17-12-8-6-7-11(9-12)16-5/h11-13,15H,6-10H2,1-5H3. The van der Waals surface area contributed by atoms with Crippen LogP contribution in [0.25, 0.3) is 0 Å². The molecule has 3 heteroatoms. The molecule has 1 saturated carbocycles. The summed E-state index contributed by atoms with van der Waals surface area (Å²) in [5, 5.41) is 3.35. The minimum atomic E-state index is 0.240. The lowest BCUT2D eigenvalue weighted by molar-refractivity contribution is -0.0430. The highest BCUT2D eigenvalue weighted by molar-refractivity contribution is 4.80. The van der Waals surface area contributed by atoms with Gasteiger partial charge in [0.05, 0.1) is 18.8 Å². The van der Waals surface area contributed by atoms with Gasteiger partial charge in [-0.3, -0.25) is 0 Å². The molecule has 1 N–H and O–H groups in total. The van der Waals surface area contributed by atoms with Crippen LogP contribution in [0.3, 0.4) is 0 Å². The normalized spacial score (nSPS) is 28.1. The molecule has 3 atom stereocenters. The summed E-state index contributed by atoms with van der Waals surface area (Å²) in [5.74, 6) is 0. The van der Waals surface area contributed by atoms with Crippen LogP contribution in [-0.2, 0) is 9.47 Å². The molecule has 0 saturated heterocycles. The fourth-order valence-electron chi connectivity index (χ4n) is 2.47. The quantitative estimate of drug-likeness (QED) is 0.805. The van der Waals surface area contributed by atoms with Gasteiger partial charge in [0.25, 0.3) is 0 Å². The summed E-state index contributed by atoms with van der Waals surface area (Å²) in [6.07, 6.45) is 5.43. The van der Waals surface area contributed by atoms with Crippen molar-refractivity contribution < 1.29 is 9.47 Å². The summed E-state index contributed by atoms with van der Waals surface area (Å²) in [6.45, 7) is 7.53. The average Bonchev–Trinajstić information content (AvgIpc) is 2.28. The monoisotopic (exact) mass is 243 g/mol. The molecule has 0 radical (unpaired) electrons. The molecular formula is C14H29NO2. The zero-order valence-corrected chi connectivity index (χ0v) is 12.1. The van der Waals surface area contributed by atoms with Crippen LogP contribution in [0.2, 0.25) is 0 Å². The predicted molar refractivity (Wildman–Crippen MR) is 71.3 cm³/mol. The Bertz CT molecular complexity index is 213. The topological polar surface area (TPSA) is 30.5 Å². The van der Waals surface area contributed by atoms with Crippen LogP contribution in [0.4, 0.5) is 0 Å². The van der Waals surface area contributed by atoms with E-state index in [1.54, 1.807) is 7.11 Å². The van der Waals surface area contributed by atoms with Crippen LogP contribution in [0.15, 0.2) is 0 Å². The maximum Gasteiger partial charge on any atom is 0.0628 e. The molecule has 1 aliphatic carbocycles. The Labute approximate surface area is 106 Å². The number of nitrogens with one attached hydrogen (secondary N) is 1. The van der Waals surface area contributed by atoms with Gasteiger partial charge in [0.15, 0.2) is 0 Å². The molecule has 0 spiro atoms. The molecule has 3 unspecified atom stereocenters. The van der Waals surface area contributed by atoms with Crippen LogP contribution in [-0.4, -0.2) is 39.0 Å². The Morgan fingerprint density at radius 1 is 1.24 bits per heavy atom. The van der Waals surface area contributed by atoms with Gasteiger partial charge in [-0.05, 0) is 38.1 Å². The summed E-state index contributed by atoms with van der Waals surface area (Å²) in [7, 11) is 3.82. The van der Waals surface area contributed by atoms with E-state index in [-0.39, 0.29) is 5.41 Å². The van der Waals surface area contributed by atoms with Crippen molar-refractivity contribution in [2.45, 2.75) is 64.7 Å². The summed E-state index contributed by atoms with van der Waals surface area (Å²) < 4.78 is 11.5. The summed E-state index contributed by atoms with van der Waals surface area (Å²) >= 11 is 0. The van der Waals surface area contributed by atoms with Crippen molar-refractivity contribution in [3.05, 3.63) is 0 Å². The van der Waals surface area contributed by atoms with Gasteiger partial charge in [0, 0.05) is 13.2 Å². The van der Waals surface area contributed by atoms with Crippen LogP contribution < -0.4 is 5.32 Å². The SMILES string of the molecule is CNC(COC1CCCC(OC)C1)C(C)(C)C. The maximum atomic E-state index is 6.05. The number of methoxy groups -OCH3 is 1. The first-order chi connectivity index (χ1) is 7.97. The van der Waals surface area contributed by atoms with Gasteiger partial charge in [-0.15, -0.1) is 0 Å². The maximum absolute atomic E-state index is 6.05. The molecule has 3 nitrogen and oxygen atoms in total. The fourth-order valence-corrected chi connectivity index (χ4v) is 2.47. The lowest BCUT2D eigenvalue weighted by atomic mass is 9.87. The van der Waals surface area contributed by atoms with Crippen LogP contribution in [0, 0.1) is 5.41 Å². The highest BCUT2D eigenvalue weighted by Crippen LogP contribution is 2.25. The van der Waals surface area contributed by atoms with E-state index in [2.05, 4.69) is 26.1 Å². The minimum absolute atomic E-state index is 0.240. The van der Waals surface area contributed by atoms with Crippen molar-refractivity contribution in [2.24, 2.45) is 5.41 Å². The Morgan fingerprint density at radius 3 is 2.41 bits per heavy atom. The average molecular weight is 243 g/mol. The first-order valence-corrected chi connectivity index (χ1v) is 6.79. The Hall–Kier alpha value is -0.120. The molecule has 0 heterocycles. The third-order valence-electron chi connectivity index (χ3n) is 3.80. The second-order valence-corrected chi connectivity index (χ2v) is 6.19. The zero-order valence-electron chi connectivity index (χ0n) is 12.1. The minimum Gasteiger partial charge on any atom is -0.381 e. The highest BCUT2D eigenvalue weighted by atomic mass is 16.5. The molecule has 0 bridgehead atoms. The van der Waals surface area contributed by atoms with E-state index in [9.17, 15) is 0 Å². The van der Waals surface area contributed by atoms with Gasteiger partial charge >= 0.3 is 0 Å². The number of ether oxygens (including phenoxy) is 2.